The number of nitrogens with zero attached hydrogens (tertiary/aromatic N) is 4. The van der Waals surface area contributed by atoms with Crippen molar-refractivity contribution in [2.75, 3.05) is 13.1 Å². The van der Waals surface area contributed by atoms with Gasteiger partial charge >= 0.3 is 0 Å². The number of carbonyl (C=O) groups excluding carboxylic acids is 2. The lowest BCUT2D eigenvalue weighted by atomic mass is 10.0. The number of fused-ring (bicyclic) bond motifs is 1. The second-order valence-electron chi connectivity index (χ2n) is 6.63. The van der Waals surface area contributed by atoms with Gasteiger partial charge in [0.25, 0.3) is 5.91 Å². The van der Waals surface area contributed by atoms with Gasteiger partial charge in [0.2, 0.25) is 5.91 Å². The molecule has 2 aromatic heterocycles. The topological polar surface area (TPSA) is 80.1 Å². The summed E-state index contributed by atoms with van der Waals surface area (Å²) in [6, 6.07) is 10.8. The van der Waals surface area contributed by atoms with Crippen LogP contribution in [0.1, 0.15) is 23.7 Å². The van der Waals surface area contributed by atoms with Gasteiger partial charge in [-0.1, -0.05) is 25.1 Å². The average Bonchev–Trinajstić information content (AvgIpc) is 3.12. The number of hydrogen-bond acceptors (Lipinski definition) is 4. The van der Waals surface area contributed by atoms with Crippen LogP contribution >= 0.6 is 0 Å². The largest absolute Gasteiger partial charge is 0.353 e. The van der Waals surface area contributed by atoms with Crippen molar-refractivity contribution < 1.29 is 9.59 Å². The van der Waals surface area contributed by atoms with E-state index in [9.17, 15) is 9.59 Å². The number of nitrogens with one attached hydrogen (secondary N) is 1. The maximum absolute atomic E-state index is 13.4. The number of rotatable bonds is 3. The molecule has 1 fully saturated rings. The van der Waals surface area contributed by atoms with Gasteiger partial charge in [-0.25, -0.2) is 4.98 Å². The molecule has 1 atom stereocenters. The summed E-state index contributed by atoms with van der Waals surface area (Å²) in [5.74, 6) is -0.235. The van der Waals surface area contributed by atoms with Crippen molar-refractivity contribution in [3.63, 3.8) is 0 Å². The zero-order chi connectivity index (χ0) is 19.0. The molecule has 0 radical (unpaired) electrons. The third-order valence-corrected chi connectivity index (χ3v) is 5.01. The maximum Gasteiger partial charge on any atom is 0.255 e. The molecule has 2 amide bonds. The number of benzene rings is 1. The quantitative estimate of drug-likeness (QED) is 0.772. The Morgan fingerprint density at radius 2 is 2.11 bits per heavy atom. The summed E-state index contributed by atoms with van der Waals surface area (Å²) < 4.78 is 1.73. The summed E-state index contributed by atoms with van der Waals surface area (Å²) >= 11 is 0. The predicted octanol–water partition coefficient (Wildman–Crippen LogP) is 1.99. The molecule has 4 rings (SSSR count). The zero-order valence-electron chi connectivity index (χ0n) is 15.3. The Morgan fingerprint density at radius 3 is 2.85 bits per heavy atom. The first-order valence-corrected chi connectivity index (χ1v) is 9.07. The van der Waals surface area contributed by atoms with Gasteiger partial charge in [-0.2, -0.15) is 5.10 Å². The molecule has 0 aliphatic carbocycles. The summed E-state index contributed by atoms with van der Waals surface area (Å²) in [4.78, 5) is 32.0. The normalized spacial score (nSPS) is 17.2. The van der Waals surface area contributed by atoms with Crippen molar-refractivity contribution >= 4 is 22.7 Å². The number of para-hydroxylation sites is 1. The molecule has 0 unspecified atom stereocenters. The van der Waals surface area contributed by atoms with Crippen LogP contribution in [-0.4, -0.2) is 50.6 Å². The van der Waals surface area contributed by atoms with E-state index >= 15 is 0 Å². The lowest BCUT2D eigenvalue weighted by Gasteiger charge is -2.34. The molecule has 3 aromatic rings. The second kappa shape index (κ2) is 6.83. The van der Waals surface area contributed by atoms with E-state index in [1.807, 2.05) is 44.3 Å². The van der Waals surface area contributed by atoms with Crippen LogP contribution in [0, 0.1) is 0 Å². The Bertz CT molecular complexity index is 1030. The third-order valence-electron chi connectivity index (χ3n) is 5.01. The fourth-order valence-corrected chi connectivity index (χ4v) is 3.63. The molecule has 138 valence electrons. The minimum absolute atomic E-state index is 0.0951. The molecule has 0 saturated carbocycles. The monoisotopic (exact) mass is 363 g/mol. The molecular formula is C20H21N5O2. The standard InChI is InChI=1S/C20H21N5O2/c1-3-17-19(26)21-10-11-25(17)20(27)14-12-16(18-8-9-22-24(18)2)23-15-7-5-4-6-13(14)15/h4-9,12,17H,3,10-11H2,1-2H3,(H,21,26)/t17-/m1/s1. The van der Waals surface area contributed by atoms with E-state index in [2.05, 4.69) is 10.4 Å². The molecular weight excluding hydrogens is 342 g/mol. The van der Waals surface area contributed by atoms with Crippen molar-refractivity contribution in [3.8, 4) is 11.4 Å². The fourth-order valence-electron chi connectivity index (χ4n) is 3.63. The number of amides is 2. The highest BCUT2D eigenvalue weighted by molar-refractivity contribution is 6.08. The molecule has 1 aliphatic rings. The molecule has 0 spiro atoms. The smallest absolute Gasteiger partial charge is 0.255 e. The van der Waals surface area contributed by atoms with Crippen LogP contribution in [0.25, 0.3) is 22.3 Å². The number of aryl methyl sites for hydroxylation is 1. The van der Waals surface area contributed by atoms with E-state index in [4.69, 9.17) is 4.98 Å². The van der Waals surface area contributed by atoms with Crippen molar-refractivity contribution in [2.45, 2.75) is 19.4 Å². The number of aromatic nitrogens is 3. The molecule has 1 aromatic carbocycles. The first-order valence-electron chi connectivity index (χ1n) is 9.07. The van der Waals surface area contributed by atoms with Gasteiger partial charge in [-0.05, 0) is 24.6 Å². The minimum Gasteiger partial charge on any atom is -0.353 e. The fraction of sp³-hybridized carbons (Fsp3) is 0.300. The number of pyridine rings is 1. The van der Waals surface area contributed by atoms with E-state index in [0.717, 1.165) is 16.6 Å². The summed E-state index contributed by atoms with van der Waals surface area (Å²) in [6.45, 7) is 2.89. The number of carbonyl (C=O) groups is 2. The third kappa shape index (κ3) is 2.95. The molecule has 27 heavy (non-hydrogen) atoms. The van der Waals surface area contributed by atoms with Crippen LogP contribution in [0.2, 0.25) is 0 Å². The lowest BCUT2D eigenvalue weighted by molar-refractivity contribution is -0.127. The average molecular weight is 363 g/mol. The summed E-state index contributed by atoms with van der Waals surface area (Å²) in [7, 11) is 1.84. The molecule has 1 N–H and O–H groups in total. The molecule has 1 aliphatic heterocycles. The summed E-state index contributed by atoms with van der Waals surface area (Å²) in [5, 5.41) is 7.83. The van der Waals surface area contributed by atoms with Crippen molar-refractivity contribution in [1.82, 2.24) is 25.0 Å². The Labute approximate surface area is 157 Å². The van der Waals surface area contributed by atoms with Gasteiger partial charge in [0.15, 0.2) is 0 Å². The second-order valence-corrected chi connectivity index (χ2v) is 6.63. The Morgan fingerprint density at radius 1 is 1.30 bits per heavy atom. The van der Waals surface area contributed by atoms with E-state index in [-0.39, 0.29) is 11.8 Å². The summed E-state index contributed by atoms with van der Waals surface area (Å²) in [6.07, 6.45) is 2.28. The van der Waals surface area contributed by atoms with Gasteiger partial charge in [0.05, 0.1) is 22.5 Å². The van der Waals surface area contributed by atoms with Crippen LogP contribution in [0.5, 0.6) is 0 Å². The predicted molar refractivity (Wildman–Crippen MR) is 102 cm³/mol. The Hall–Kier alpha value is -3.22. The molecule has 0 bridgehead atoms. The van der Waals surface area contributed by atoms with Crippen LogP contribution in [0.3, 0.4) is 0 Å². The zero-order valence-corrected chi connectivity index (χ0v) is 15.3. The Kier molecular flexibility index (Phi) is 4.35. The SMILES string of the molecule is CC[C@@H]1C(=O)NCCN1C(=O)c1cc(-c2ccnn2C)nc2ccccc12. The molecule has 3 heterocycles. The highest BCUT2D eigenvalue weighted by Crippen LogP contribution is 2.26. The van der Waals surface area contributed by atoms with Crippen LogP contribution in [0.4, 0.5) is 0 Å². The van der Waals surface area contributed by atoms with E-state index in [1.54, 1.807) is 21.8 Å². The van der Waals surface area contributed by atoms with Gasteiger partial charge in [0.1, 0.15) is 6.04 Å². The molecule has 7 nitrogen and oxygen atoms in total. The van der Waals surface area contributed by atoms with Gasteiger partial charge in [0, 0.05) is 31.7 Å². The first kappa shape index (κ1) is 17.2. The number of piperazine rings is 1. The van der Waals surface area contributed by atoms with E-state index in [1.165, 1.54) is 0 Å². The van der Waals surface area contributed by atoms with Gasteiger partial charge in [-0.15, -0.1) is 0 Å². The van der Waals surface area contributed by atoms with Crippen LogP contribution in [-0.2, 0) is 11.8 Å². The highest BCUT2D eigenvalue weighted by atomic mass is 16.2. The lowest BCUT2D eigenvalue weighted by Crippen LogP contribution is -2.56. The minimum atomic E-state index is -0.446. The first-order chi connectivity index (χ1) is 13.1. The van der Waals surface area contributed by atoms with Crippen LogP contribution < -0.4 is 5.32 Å². The van der Waals surface area contributed by atoms with Gasteiger partial charge in [-0.3, -0.25) is 14.3 Å². The Balaban J connectivity index is 1.86. The van der Waals surface area contributed by atoms with Crippen molar-refractivity contribution in [2.24, 2.45) is 7.05 Å². The van der Waals surface area contributed by atoms with E-state index in [0.29, 0.717) is 30.8 Å². The molecule has 7 heteroatoms. The summed E-state index contributed by atoms with van der Waals surface area (Å²) in [5.41, 5.74) is 2.82. The maximum atomic E-state index is 13.4. The van der Waals surface area contributed by atoms with Crippen LogP contribution in [0.15, 0.2) is 42.6 Å². The van der Waals surface area contributed by atoms with Gasteiger partial charge < -0.3 is 10.2 Å². The van der Waals surface area contributed by atoms with Crippen molar-refractivity contribution in [3.05, 3.63) is 48.2 Å². The van der Waals surface area contributed by atoms with E-state index < -0.39 is 6.04 Å². The van der Waals surface area contributed by atoms with Crippen molar-refractivity contribution in [1.29, 1.82) is 0 Å². The molecule has 1 saturated heterocycles. The number of hydrogen-bond donors (Lipinski definition) is 1. The highest BCUT2D eigenvalue weighted by Gasteiger charge is 2.33.